The second-order valence-corrected chi connectivity index (χ2v) is 7.48. The molecule has 3 rings (SSSR count). The van der Waals surface area contributed by atoms with Crippen LogP contribution in [0, 0.1) is 12.3 Å². The molecule has 9 heteroatoms. The molecule has 2 aromatic carbocycles. The van der Waals surface area contributed by atoms with Crippen molar-refractivity contribution >= 4 is 24.0 Å². The van der Waals surface area contributed by atoms with Crippen LogP contribution in [-0.2, 0) is 29.2 Å². The molecule has 0 aliphatic heterocycles. The molecule has 0 saturated carbocycles. The van der Waals surface area contributed by atoms with Crippen LogP contribution in [0.25, 0.3) is 11.1 Å². The van der Waals surface area contributed by atoms with Crippen molar-refractivity contribution in [3.05, 3.63) is 53.1 Å². The summed E-state index contributed by atoms with van der Waals surface area (Å²) in [6, 6.07) is 9.96. The molecule has 1 aliphatic rings. The van der Waals surface area contributed by atoms with E-state index in [0.29, 0.717) is 28.7 Å². The van der Waals surface area contributed by atoms with Crippen molar-refractivity contribution in [2.24, 2.45) is 4.99 Å². The number of alkyl halides is 3. The zero-order chi connectivity index (χ0) is 24.9. The molecule has 0 saturated heterocycles. The van der Waals surface area contributed by atoms with E-state index in [1.54, 1.807) is 38.1 Å². The zero-order valence-corrected chi connectivity index (χ0v) is 18.6. The minimum Gasteiger partial charge on any atom is -0.466 e. The van der Waals surface area contributed by atoms with E-state index in [4.69, 9.17) is 15.9 Å². The number of rotatable bonds is 8. The van der Waals surface area contributed by atoms with Crippen LogP contribution in [0.5, 0.6) is 0 Å². The predicted octanol–water partition coefficient (Wildman–Crippen LogP) is 5.04. The van der Waals surface area contributed by atoms with Crippen LogP contribution in [0.2, 0.25) is 0 Å². The maximum atomic E-state index is 12.7. The van der Waals surface area contributed by atoms with Crippen molar-refractivity contribution in [1.29, 1.82) is 0 Å². The third-order valence-corrected chi connectivity index (χ3v) is 5.40. The fourth-order valence-corrected chi connectivity index (χ4v) is 4.16. The molecule has 0 radical (unpaired) electrons. The highest BCUT2D eigenvalue weighted by Gasteiger charge is 2.47. The molecule has 0 atom stereocenters. The number of benzene rings is 2. The summed E-state index contributed by atoms with van der Waals surface area (Å²) in [5, 5.41) is 0. The largest absolute Gasteiger partial charge is 0.573 e. The van der Waals surface area contributed by atoms with Crippen LogP contribution in [0.15, 0.2) is 41.4 Å². The third-order valence-electron chi connectivity index (χ3n) is 5.40. The Morgan fingerprint density at radius 1 is 1.00 bits per heavy atom. The summed E-state index contributed by atoms with van der Waals surface area (Å²) in [5.41, 5.74) is 2.07. The van der Waals surface area contributed by atoms with Crippen LogP contribution in [0.1, 0.15) is 43.4 Å². The first-order valence-electron chi connectivity index (χ1n) is 10.5. The van der Waals surface area contributed by atoms with E-state index in [1.165, 1.54) is 12.1 Å². The summed E-state index contributed by atoms with van der Waals surface area (Å²) in [6.07, 6.45) is 0.589. The molecule has 0 aromatic heterocycles. The van der Waals surface area contributed by atoms with Gasteiger partial charge in [-0.05, 0) is 60.4 Å². The highest BCUT2D eigenvalue weighted by atomic mass is 19.4. The van der Waals surface area contributed by atoms with Gasteiger partial charge in [-0.2, -0.15) is 0 Å². The van der Waals surface area contributed by atoms with Crippen molar-refractivity contribution in [1.82, 2.24) is 0 Å². The average molecular weight is 473 g/mol. The lowest BCUT2D eigenvalue weighted by atomic mass is 9.72. The zero-order valence-electron chi connectivity index (χ0n) is 18.6. The molecular formula is C25H22F3NO5. The molecule has 0 fully saturated rings. The first kappa shape index (κ1) is 24.8. The molecule has 1 aliphatic carbocycles. The molecule has 0 unspecified atom stereocenters. The number of ether oxygens (including phenoxy) is 3. The van der Waals surface area contributed by atoms with Crippen LogP contribution >= 0.6 is 0 Å². The van der Waals surface area contributed by atoms with Crippen molar-refractivity contribution in [2.45, 2.75) is 38.5 Å². The number of nitrogens with zero attached hydrogens (tertiary/aromatic N) is 1. The fraction of sp³-hybridized carbons (Fsp3) is 0.320. The lowest BCUT2D eigenvalue weighted by Gasteiger charge is -2.30. The quantitative estimate of drug-likeness (QED) is 0.233. The molecule has 0 N–H and O–H groups in total. The van der Waals surface area contributed by atoms with Gasteiger partial charge in [0.2, 0.25) is 0 Å². The lowest BCUT2D eigenvalue weighted by Crippen LogP contribution is -2.33. The van der Waals surface area contributed by atoms with E-state index in [0.717, 1.165) is 5.56 Å². The molecule has 2 aromatic rings. The van der Waals surface area contributed by atoms with E-state index in [2.05, 4.69) is 15.6 Å². The summed E-state index contributed by atoms with van der Waals surface area (Å²) < 4.78 is 51.0. The maximum absolute atomic E-state index is 12.7. The maximum Gasteiger partial charge on any atom is 0.573 e. The Labute approximate surface area is 194 Å². The van der Waals surface area contributed by atoms with Gasteiger partial charge in [0.1, 0.15) is 0 Å². The van der Waals surface area contributed by atoms with Crippen LogP contribution < -0.4 is 0 Å². The molecule has 0 bridgehead atoms. The molecular weight excluding hydrogens is 451 g/mol. The normalized spacial score (nSPS) is 13.6. The Morgan fingerprint density at radius 2 is 1.56 bits per heavy atom. The van der Waals surface area contributed by atoms with Crippen LogP contribution in [0.4, 0.5) is 18.9 Å². The molecule has 0 amide bonds. The fourth-order valence-electron chi connectivity index (χ4n) is 4.16. The standard InChI is InChI=1S/C25H22F3NO5/c1-4-16-7-9-18-19-10-8-17(29-15-34-25(26,27)28)12-21(19)24(20(18)11-16,13-22(30)32-5-2)14-23(31)33-6-3/h1,7-12,15H,5-6,13-14H2,2-3H3. The topological polar surface area (TPSA) is 74.2 Å². The number of carbonyl (C=O) groups excluding carboxylic acids is 2. The number of carbonyl (C=O) groups is 2. The number of aliphatic imine (C=N–C) groups is 1. The first-order valence-corrected chi connectivity index (χ1v) is 10.5. The number of esters is 2. The van der Waals surface area contributed by atoms with Gasteiger partial charge in [0.05, 0.1) is 31.7 Å². The van der Waals surface area contributed by atoms with Crippen molar-refractivity contribution in [3.63, 3.8) is 0 Å². The minimum atomic E-state index is -4.88. The summed E-state index contributed by atoms with van der Waals surface area (Å²) in [4.78, 5) is 29.1. The summed E-state index contributed by atoms with van der Waals surface area (Å²) in [6.45, 7) is 3.60. The second kappa shape index (κ2) is 10.00. The van der Waals surface area contributed by atoms with Crippen LogP contribution in [0.3, 0.4) is 0 Å². The highest BCUT2D eigenvalue weighted by molar-refractivity contribution is 5.89. The molecule has 0 spiro atoms. The number of terminal acetylenes is 1. The Hall–Kier alpha value is -3.80. The number of hydrogen-bond donors (Lipinski definition) is 0. The first-order chi connectivity index (χ1) is 16.1. The third kappa shape index (κ3) is 5.22. The summed E-state index contributed by atoms with van der Waals surface area (Å²) >= 11 is 0. The molecule has 34 heavy (non-hydrogen) atoms. The van der Waals surface area contributed by atoms with E-state index in [-0.39, 0.29) is 31.7 Å². The Bertz CT molecular complexity index is 1140. The molecule has 0 heterocycles. The Balaban J connectivity index is 2.20. The van der Waals surface area contributed by atoms with Crippen LogP contribution in [-0.4, -0.2) is 37.9 Å². The van der Waals surface area contributed by atoms with E-state index in [9.17, 15) is 22.8 Å². The Morgan fingerprint density at radius 3 is 2.09 bits per heavy atom. The van der Waals surface area contributed by atoms with Gasteiger partial charge >= 0.3 is 18.3 Å². The summed E-state index contributed by atoms with van der Waals surface area (Å²) in [7, 11) is 0. The van der Waals surface area contributed by atoms with Crippen molar-refractivity contribution < 1.29 is 37.0 Å². The van der Waals surface area contributed by atoms with Gasteiger partial charge in [0.25, 0.3) is 0 Å². The second-order valence-electron chi connectivity index (χ2n) is 7.48. The van der Waals surface area contributed by atoms with Gasteiger partial charge in [-0.15, -0.1) is 19.6 Å². The monoisotopic (exact) mass is 473 g/mol. The predicted molar refractivity (Wildman–Crippen MR) is 118 cm³/mol. The van der Waals surface area contributed by atoms with Crippen molar-refractivity contribution in [2.75, 3.05) is 13.2 Å². The number of fused-ring (bicyclic) bond motifs is 3. The van der Waals surface area contributed by atoms with E-state index >= 15 is 0 Å². The van der Waals surface area contributed by atoms with Gasteiger partial charge < -0.3 is 14.2 Å². The number of hydrogen-bond acceptors (Lipinski definition) is 6. The van der Waals surface area contributed by atoms with Gasteiger partial charge in [0.15, 0.2) is 6.40 Å². The minimum absolute atomic E-state index is 0.136. The smallest absolute Gasteiger partial charge is 0.466 e. The Kier molecular flexibility index (Phi) is 7.30. The average Bonchev–Trinajstić information content (AvgIpc) is 3.01. The lowest BCUT2D eigenvalue weighted by molar-refractivity contribution is -0.280. The molecule has 6 nitrogen and oxygen atoms in total. The van der Waals surface area contributed by atoms with E-state index in [1.807, 2.05) is 0 Å². The van der Waals surface area contributed by atoms with Gasteiger partial charge in [0, 0.05) is 11.0 Å². The van der Waals surface area contributed by atoms with Crippen molar-refractivity contribution in [3.8, 4) is 23.5 Å². The van der Waals surface area contributed by atoms with Gasteiger partial charge in [-0.25, -0.2) is 4.99 Å². The highest BCUT2D eigenvalue weighted by Crippen LogP contribution is 2.54. The number of halogens is 3. The van der Waals surface area contributed by atoms with Gasteiger partial charge in [-0.1, -0.05) is 18.1 Å². The van der Waals surface area contributed by atoms with E-state index < -0.39 is 23.7 Å². The molecule has 178 valence electrons. The summed E-state index contributed by atoms with van der Waals surface area (Å²) in [5.74, 6) is 1.45. The SMILES string of the molecule is C#Cc1ccc2c(c1)C(CC(=O)OCC)(CC(=O)OCC)c1cc(N=COC(F)(F)F)ccc1-2. The van der Waals surface area contributed by atoms with Gasteiger partial charge in [-0.3, -0.25) is 9.59 Å².